The lowest BCUT2D eigenvalue weighted by atomic mass is 10.1. The van der Waals surface area contributed by atoms with E-state index in [0.29, 0.717) is 26.3 Å². The number of guanidine groups is 1. The van der Waals surface area contributed by atoms with Crippen LogP contribution < -0.4 is 15.4 Å². The molecular formula is C18H29IN6O2. The van der Waals surface area contributed by atoms with Crippen molar-refractivity contribution in [3.05, 3.63) is 41.5 Å². The lowest BCUT2D eigenvalue weighted by Crippen LogP contribution is -2.37. The zero-order valence-electron chi connectivity index (χ0n) is 16.4. The minimum absolute atomic E-state index is 0. The number of aliphatic imine (C=N–C) groups is 1. The average molecular weight is 488 g/mol. The molecule has 0 fully saturated rings. The normalized spacial score (nSPS) is 11.0. The van der Waals surface area contributed by atoms with Gasteiger partial charge in [0.15, 0.2) is 5.96 Å². The molecule has 0 radical (unpaired) electrons. The summed E-state index contributed by atoms with van der Waals surface area (Å²) in [4.78, 5) is 8.86. The number of rotatable bonds is 9. The highest BCUT2D eigenvalue weighted by Gasteiger charge is 2.06. The van der Waals surface area contributed by atoms with Crippen LogP contribution in [0.25, 0.3) is 0 Å². The van der Waals surface area contributed by atoms with Gasteiger partial charge in [0.2, 0.25) is 0 Å². The van der Waals surface area contributed by atoms with Gasteiger partial charge >= 0.3 is 0 Å². The maximum Gasteiger partial charge on any atom is 0.191 e. The van der Waals surface area contributed by atoms with E-state index in [0.717, 1.165) is 35.2 Å². The Hall–Kier alpha value is -1.88. The molecule has 0 bridgehead atoms. The molecule has 1 heterocycles. The fraction of sp³-hybridized carbons (Fsp3) is 0.500. The second-order valence-electron chi connectivity index (χ2n) is 5.80. The van der Waals surface area contributed by atoms with E-state index in [1.165, 1.54) is 6.33 Å². The average Bonchev–Trinajstić information content (AvgIpc) is 3.04. The third-order valence-corrected chi connectivity index (χ3v) is 3.74. The lowest BCUT2D eigenvalue weighted by Gasteiger charge is -2.13. The third-order valence-electron chi connectivity index (χ3n) is 3.74. The van der Waals surface area contributed by atoms with Gasteiger partial charge in [-0.2, -0.15) is 5.10 Å². The quantitative estimate of drug-likeness (QED) is 0.243. The minimum atomic E-state index is 0. The second kappa shape index (κ2) is 12.5. The van der Waals surface area contributed by atoms with Crippen LogP contribution in [0, 0.1) is 6.92 Å². The lowest BCUT2D eigenvalue weighted by molar-refractivity contribution is 0.145. The molecule has 2 N–H and O–H groups in total. The van der Waals surface area contributed by atoms with Crippen molar-refractivity contribution in [1.29, 1.82) is 0 Å². The minimum Gasteiger partial charge on any atom is -0.491 e. The van der Waals surface area contributed by atoms with Crippen LogP contribution in [0.4, 0.5) is 0 Å². The standard InChI is InChI=1S/C18H28N6O2.HI/c1-5-19-18(21-12-17-22-13-23-24(17)3)20-11-15-7-6-14(2)10-16(15)26-9-8-25-4;/h6-7,10,13H,5,8-9,11-12H2,1-4H3,(H2,19,20,21);1H. The number of hydrogen-bond donors (Lipinski definition) is 2. The van der Waals surface area contributed by atoms with E-state index >= 15 is 0 Å². The van der Waals surface area contributed by atoms with Crippen molar-refractivity contribution in [1.82, 2.24) is 25.4 Å². The summed E-state index contributed by atoms with van der Waals surface area (Å²) in [5, 5.41) is 10.6. The summed E-state index contributed by atoms with van der Waals surface area (Å²) in [6, 6.07) is 6.14. The predicted molar refractivity (Wildman–Crippen MR) is 117 cm³/mol. The van der Waals surface area contributed by atoms with Crippen LogP contribution in [0.5, 0.6) is 5.75 Å². The molecule has 0 unspecified atom stereocenters. The van der Waals surface area contributed by atoms with Crippen LogP contribution in [-0.2, 0) is 24.9 Å². The molecule has 2 rings (SSSR count). The van der Waals surface area contributed by atoms with Gasteiger partial charge in [-0.1, -0.05) is 12.1 Å². The number of benzene rings is 1. The fourth-order valence-electron chi connectivity index (χ4n) is 2.31. The van der Waals surface area contributed by atoms with Crippen LogP contribution in [0.1, 0.15) is 23.9 Å². The molecule has 0 atom stereocenters. The van der Waals surface area contributed by atoms with Crippen molar-refractivity contribution >= 4 is 29.9 Å². The molecule has 0 spiro atoms. The highest BCUT2D eigenvalue weighted by molar-refractivity contribution is 14.0. The summed E-state index contributed by atoms with van der Waals surface area (Å²) in [7, 11) is 3.53. The van der Waals surface area contributed by atoms with Crippen LogP contribution in [0.2, 0.25) is 0 Å². The van der Waals surface area contributed by atoms with E-state index in [9.17, 15) is 0 Å². The SMILES string of the molecule is CCNC(=NCc1ccc(C)cc1OCCOC)NCc1ncnn1C.I. The van der Waals surface area contributed by atoms with Crippen LogP contribution in [-0.4, -0.2) is 47.6 Å². The van der Waals surface area contributed by atoms with E-state index in [4.69, 9.17) is 9.47 Å². The summed E-state index contributed by atoms with van der Waals surface area (Å²) in [5.74, 6) is 2.41. The first kappa shape index (κ1) is 23.2. The van der Waals surface area contributed by atoms with E-state index in [1.807, 2.05) is 33.0 Å². The highest BCUT2D eigenvalue weighted by atomic mass is 127. The molecule has 27 heavy (non-hydrogen) atoms. The molecule has 1 aromatic heterocycles. The Morgan fingerprint density at radius 3 is 2.74 bits per heavy atom. The molecule has 0 saturated heterocycles. The van der Waals surface area contributed by atoms with E-state index < -0.39 is 0 Å². The Morgan fingerprint density at radius 2 is 2.07 bits per heavy atom. The van der Waals surface area contributed by atoms with Gasteiger partial charge in [-0.15, -0.1) is 24.0 Å². The Bertz CT molecular complexity index is 720. The Kier molecular flexibility index (Phi) is 10.7. The molecule has 9 heteroatoms. The number of ether oxygens (including phenoxy) is 2. The zero-order valence-corrected chi connectivity index (χ0v) is 18.7. The molecular weight excluding hydrogens is 459 g/mol. The predicted octanol–water partition coefficient (Wildman–Crippen LogP) is 2.02. The summed E-state index contributed by atoms with van der Waals surface area (Å²) in [5.41, 5.74) is 2.18. The van der Waals surface area contributed by atoms with Gasteiger partial charge in [0.05, 0.1) is 19.7 Å². The maximum absolute atomic E-state index is 5.83. The van der Waals surface area contributed by atoms with Crippen molar-refractivity contribution in [2.75, 3.05) is 26.9 Å². The van der Waals surface area contributed by atoms with E-state index in [-0.39, 0.29) is 24.0 Å². The molecule has 150 valence electrons. The smallest absolute Gasteiger partial charge is 0.191 e. The molecule has 0 saturated carbocycles. The molecule has 8 nitrogen and oxygen atoms in total. The number of halogens is 1. The third kappa shape index (κ3) is 7.71. The molecule has 0 aliphatic carbocycles. The van der Waals surface area contributed by atoms with Crippen molar-refractivity contribution in [3.63, 3.8) is 0 Å². The first-order valence-electron chi connectivity index (χ1n) is 8.70. The van der Waals surface area contributed by atoms with Gasteiger partial charge in [-0.25, -0.2) is 9.98 Å². The van der Waals surface area contributed by atoms with Crippen LogP contribution in [0.15, 0.2) is 29.5 Å². The van der Waals surface area contributed by atoms with Gasteiger partial charge in [0, 0.05) is 26.3 Å². The van der Waals surface area contributed by atoms with Crippen molar-refractivity contribution in [3.8, 4) is 5.75 Å². The molecule has 0 aliphatic heterocycles. The van der Waals surface area contributed by atoms with Crippen molar-refractivity contribution < 1.29 is 9.47 Å². The Balaban J connectivity index is 0.00000364. The van der Waals surface area contributed by atoms with Gasteiger partial charge < -0.3 is 20.1 Å². The van der Waals surface area contributed by atoms with Gasteiger partial charge in [-0.3, -0.25) is 4.68 Å². The number of aromatic nitrogens is 3. The van der Waals surface area contributed by atoms with Gasteiger partial charge in [-0.05, 0) is 25.5 Å². The first-order valence-corrected chi connectivity index (χ1v) is 8.70. The Labute approximate surface area is 177 Å². The summed E-state index contributed by atoms with van der Waals surface area (Å²) in [6.45, 7) is 6.98. The number of aryl methyl sites for hydroxylation is 2. The van der Waals surface area contributed by atoms with E-state index in [1.54, 1.807) is 11.8 Å². The zero-order chi connectivity index (χ0) is 18.8. The number of nitrogens with zero attached hydrogens (tertiary/aromatic N) is 4. The van der Waals surface area contributed by atoms with Gasteiger partial charge in [0.1, 0.15) is 24.5 Å². The fourth-order valence-corrected chi connectivity index (χ4v) is 2.31. The monoisotopic (exact) mass is 488 g/mol. The van der Waals surface area contributed by atoms with Gasteiger partial charge in [0.25, 0.3) is 0 Å². The van der Waals surface area contributed by atoms with Crippen LogP contribution in [0.3, 0.4) is 0 Å². The summed E-state index contributed by atoms with van der Waals surface area (Å²) >= 11 is 0. The first-order chi connectivity index (χ1) is 12.6. The topological polar surface area (TPSA) is 85.6 Å². The molecule has 0 amide bonds. The number of hydrogen-bond acceptors (Lipinski definition) is 5. The molecule has 2 aromatic rings. The maximum atomic E-state index is 5.83. The largest absolute Gasteiger partial charge is 0.491 e. The van der Waals surface area contributed by atoms with Crippen molar-refractivity contribution in [2.24, 2.45) is 12.0 Å². The van der Waals surface area contributed by atoms with Crippen molar-refractivity contribution in [2.45, 2.75) is 26.9 Å². The highest BCUT2D eigenvalue weighted by Crippen LogP contribution is 2.21. The number of methoxy groups -OCH3 is 1. The molecule has 1 aromatic carbocycles. The molecule has 0 aliphatic rings. The summed E-state index contributed by atoms with van der Waals surface area (Å²) in [6.07, 6.45) is 1.54. The second-order valence-corrected chi connectivity index (χ2v) is 5.80. The van der Waals surface area contributed by atoms with Crippen LogP contribution >= 0.6 is 24.0 Å². The Morgan fingerprint density at radius 1 is 1.26 bits per heavy atom. The number of nitrogens with one attached hydrogen (secondary N) is 2. The summed E-state index contributed by atoms with van der Waals surface area (Å²) < 4.78 is 12.6. The van der Waals surface area contributed by atoms with E-state index in [2.05, 4.69) is 31.8 Å².